The maximum Gasteiger partial charge on any atom is 0.191 e. The Kier molecular flexibility index (Phi) is 6.50. The average Bonchev–Trinajstić information content (AvgIpc) is 2.91. The quantitative estimate of drug-likeness (QED) is 0.412. The summed E-state index contributed by atoms with van der Waals surface area (Å²) in [5, 5.41) is 0.330. The van der Waals surface area contributed by atoms with Gasteiger partial charge in [-0.25, -0.2) is 0 Å². The zero-order valence-corrected chi connectivity index (χ0v) is 16.9. The van der Waals surface area contributed by atoms with E-state index in [2.05, 4.69) is 64.2 Å². The molecule has 1 fully saturated rings. The maximum atomic E-state index is 6.35. The van der Waals surface area contributed by atoms with Gasteiger partial charge in [-0.3, -0.25) is 0 Å². The number of hydrogen-bond acceptors (Lipinski definition) is 1. The first-order chi connectivity index (χ1) is 10.8. The van der Waals surface area contributed by atoms with Crippen LogP contribution in [0.5, 0.6) is 0 Å². The highest BCUT2D eigenvalue weighted by atomic mass is 28.4. The molecule has 0 heterocycles. The summed E-state index contributed by atoms with van der Waals surface area (Å²) in [4.78, 5) is 0. The van der Waals surface area contributed by atoms with Crippen LogP contribution in [0.25, 0.3) is 0 Å². The van der Waals surface area contributed by atoms with E-state index in [9.17, 15) is 0 Å². The molecule has 0 amide bonds. The predicted molar refractivity (Wildman–Crippen MR) is 103 cm³/mol. The van der Waals surface area contributed by atoms with Crippen molar-refractivity contribution in [1.82, 2.24) is 0 Å². The molecule has 0 bridgehead atoms. The fourth-order valence-electron chi connectivity index (χ4n) is 3.57. The first-order valence-corrected chi connectivity index (χ1v) is 12.4. The molecule has 0 unspecified atom stereocenters. The Morgan fingerprint density at radius 2 is 1.70 bits per heavy atom. The van der Waals surface area contributed by atoms with Crippen LogP contribution >= 0.6 is 0 Å². The minimum atomic E-state index is -1.56. The Morgan fingerprint density at radius 3 is 2.35 bits per heavy atom. The third kappa shape index (κ3) is 5.46. The Balaban J connectivity index is 1.75. The molecule has 1 saturated carbocycles. The Bertz CT molecular complexity index is 460. The molecule has 0 spiro atoms. The van der Waals surface area contributed by atoms with Gasteiger partial charge in [0.15, 0.2) is 8.32 Å². The van der Waals surface area contributed by atoms with Crippen LogP contribution in [0.1, 0.15) is 58.4 Å². The van der Waals surface area contributed by atoms with Crippen LogP contribution in [0.4, 0.5) is 0 Å². The van der Waals surface area contributed by atoms with E-state index in [0.717, 1.165) is 18.4 Å². The average molecular weight is 333 g/mol. The molecule has 2 heteroatoms. The molecule has 0 radical (unpaired) electrons. The molecule has 1 aliphatic carbocycles. The van der Waals surface area contributed by atoms with Crippen molar-refractivity contribution in [2.24, 2.45) is 11.8 Å². The van der Waals surface area contributed by atoms with Crippen LogP contribution in [0.3, 0.4) is 0 Å². The molecular weight excluding hydrogens is 296 g/mol. The van der Waals surface area contributed by atoms with E-state index >= 15 is 0 Å². The van der Waals surface area contributed by atoms with Gasteiger partial charge in [0.25, 0.3) is 0 Å². The summed E-state index contributed by atoms with van der Waals surface area (Å²) in [7, 11) is -1.56. The molecule has 0 N–H and O–H groups in total. The van der Waals surface area contributed by atoms with Gasteiger partial charge in [0.2, 0.25) is 0 Å². The van der Waals surface area contributed by atoms with Gasteiger partial charge in [-0.1, -0.05) is 63.9 Å². The highest BCUT2D eigenvalue weighted by molar-refractivity contribution is 6.74. The fraction of sp³-hybridized carbons (Fsp3) is 0.714. The van der Waals surface area contributed by atoms with E-state index < -0.39 is 8.32 Å². The lowest BCUT2D eigenvalue weighted by atomic mass is 9.87. The van der Waals surface area contributed by atoms with Crippen molar-refractivity contribution in [3.05, 3.63) is 35.9 Å². The first kappa shape index (κ1) is 18.7. The third-order valence-corrected chi connectivity index (χ3v) is 10.7. The monoisotopic (exact) mass is 332 g/mol. The van der Waals surface area contributed by atoms with Gasteiger partial charge in [-0.2, -0.15) is 0 Å². The second-order valence-electron chi connectivity index (χ2n) is 8.89. The summed E-state index contributed by atoms with van der Waals surface area (Å²) in [6, 6.07) is 11.0. The van der Waals surface area contributed by atoms with Crippen molar-refractivity contribution >= 4 is 8.32 Å². The Morgan fingerprint density at radius 1 is 1.04 bits per heavy atom. The van der Waals surface area contributed by atoms with Crippen molar-refractivity contribution < 1.29 is 4.43 Å². The number of hydrogen-bond donors (Lipinski definition) is 0. The van der Waals surface area contributed by atoms with Crippen LogP contribution in [0.15, 0.2) is 30.3 Å². The molecule has 0 aromatic heterocycles. The zero-order chi connectivity index (χ0) is 16.9. The first-order valence-electron chi connectivity index (χ1n) is 9.47. The van der Waals surface area contributed by atoms with Crippen LogP contribution < -0.4 is 0 Å². The SMILES string of the molecule is CC(C)(C)[Si](C)(C)OCCC[C@@H]1CCC[C@@H]1Cc1ccccc1. The molecule has 23 heavy (non-hydrogen) atoms. The van der Waals surface area contributed by atoms with Crippen molar-refractivity contribution in [1.29, 1.82) is 0 Å². The van der Waals surface area contributed by atoms with Crippen LogP contribution in [0, 0.1) is 11.8 Å². The minimum absolute atomic E-state index is 0.330. The number of rotatable bonds is 7. The summed E-state index contributed by atoms with van der Waals surface area (Å²) >= 11 is 0. The summed E-state index contributed by atoms with van der Waals surface area (Å²) in [5.74, 6) is 1.81. The van der Waals surface area contributed by atoms with E-state index in [4.69, 9.17) is 4.43 Å². The highest BCUT2D eigenvalue weighted by Gasteiger charge is 2.37. The lowest BCUT2D eigenvalue weighted by Crippen LogP contribution is -2.41. The zero-order valence-electron chi connectivity index (χ0n) is 15.9. The van der Waals surface area contributed by atoms with E-state index in [0.29, 0.717) is 5.04 Å². The van der Waals surface area contributed by atoms with Crippen molar-refractivity contribution in [2.45, 2.75) is 77.4 Å². The summed E-state index contributed by atoms with van der Waals surface area (Å²) in [6.07, 6.45) is 8.13. The molecular formula is C21H36OSi. The standard InChI is InChI=1S/C21H36OSi/c1-21(2,3)23(4,5)22-16-10-15-19-13-9-14-20(19)17-18-11-7-6-8-12-18/h6-8,11-12,19-20H,9-10,13-17H2,1-5H3/t19-,20+/m0/s1. The van der Waals surface area contributed by atoms with Crippen molar-refractivity contribution in [3.63, 3.8) is 0 Å². The van der Waals surface area contributed by atoms with Crippen molar-refractivity contribution in [3.8, 4) is 0 Å². The summed E-state index contributed by atoms with van der Waals surface area (Å²) < 4.78 is 6.35. The van der Waals surface area contributed by atoms with Crippen molar-refractivity contribution in [2.75, 3.05) is 6.61 Å². The molecule has 0 saturated heterocycles. The molecule has 2 atom stereocenters. The van der Waals surface area contributed by atoms with Gasteiger partial charge in [0, 0.05) is 6.61 Å². The van der Waals surface area contributed by atoms with Crippen LogP contribution in [-0.4, -0.2) is 14.9 Å². The predicted octanol–water partition coefficient (Wildman–Crippen LogP) is 6.45. The van der Waals surface area contributed by atoms with Gasteiger partial charge >= 0.3 is 0 Å². The largest absolute Gasteiger partial charge is 0.417 e. The van der Waals surface area contributed by atoms with E-state index in [1.54, 1.807) is 0 Å². The van der Waals surface area contributed by atoms with Crippen LogP contribution in [0.2, 0.25) is 18.1 Å². The Hall–Kier alpha value is -0.603. The van der Waals surface area contributed by atoms with Gasteiger partial charge < -0.3 is 4.43 Å². The molecule has 2 rings (SSSR count). The second kappa shape index (κ2) is 7.98. The van der Waals surface area contributed by atoms with Gasteiger partial charge in [0.1, 0.15) is 0 Å². The molecule has 1 aromatic carbocycles. The Labute approximate surface area is 145 Å². The molecule has 130 valence electrons. The topological polar surface area (TPSA) is 9.23 Å². The van der Waals surface area contributed by atoms with Crippen LogP contribution in [-0.2, 0) is 10.8 Å². The minimum Gasteiger partial charge on any atom is -0.417 e. The van der Waals surface area contributed by atoms with E-state index in [-0.39, 0.29) is 0 Å². The normalized spacial score (nSPS) is 22.5. The number of benzene rings is 1. The molecule has 1 aromatic rings. The molecule has 1 aliphatic rings. The molecule has 0 aliphatic heterocycles. The molecule has 1 nitrogen and oxygen atoms in total. The smallest absolute Gasteiger partial charge is 0.191 e. The fourth-order valence-corrected chi connectivity index (χ4v) is 4.66. The third-order valence-electron chi connectivity index (χ3n) is 6.15. The van der Waals surface area contributed by atoms with Gasteiger partial charge in [-0.15, -0.1) is 0 Å². The van der Waals surface area contributed by atoms with Gasteiger partial charge in [-0.05, 0) is 61.2 Å². The summed E-state index contributed by atoms with van der Waals surface area (Å²) in [6.45, 7) is 12.7. The van der Waals surface area contributed by atoms with E-state index in [1.165, 1.54) is 44.1 Å². The lowest BCUT2D eigenvalue weighted by molar-refractivity contribution is 0.255. The van der Waals surface area contributed by atoms with E-state index in [1.807, 2.05) is 0 Å². The summed E-state index contributed by atoms with van der Waals surface area (Å²) in [5.41, 5.74) is 1.52. The second-order valence-corrected chi connectivity index (χ2v) is 13.7. The van der Waals surface area contributed by atoms with Gasteiger partial charge in [0.05, 0.1) is 0 Å². The maximum absolute atomic E-state index is 6.35. The highest BCUT2D eigenvalue weighted by Crippen LogP contribution is 2.38. The lowest BCUT2D eigenvalue weighted by Gasteiger charge is -2.36.